The third-order valence-corrected chi connectivity index (χ3v) is 5.20. The number of hydrogen-bond donors (Lipinski definition) is 1. The smallest absolute Gasteiger partial charge is 0.282 e. The SMILES string of the molecule is CCOc1ccc(NC2=C(c3ccc(Cl)cc3)C(=O)N(c3cccc(Cl)c3)C2=O)cc1. The molecule has 2 amide bonds. The quantitative estimate of drug-likeness (QED) is 0.480. The number of amides is 2. The van der Waals surface area contributed by atoms with Crippen LogP contribution in [0.2, 0.25) is 10.0 Å². The van der Waals surface area contributed by atoms with Crippen LogP contribution in [0.25, 0.3) is 5.57 Å². The number of carbonyl (C=O) groups is 2. The zero-order valence-electron chi connectivity index (χ0n) is 16.6. The Bertz CT molecular complexity index is 1170. The molecule has 0 atom stereocenters. The molecule has 0 radical (unpaired) electrons. The number of hydrogen-bond acceptors (Lipinski definition) is 4. The summed E-state index contributed by atoms with van der Waals surface area (Å²) in [6, 6.07) is 20.6. The van der Waals surface area contributed by atoms with Crippen LogP contribution in [0.15, 0.2) is 78.5 Å². The summed E-state index contributed by atoms with van der Waals surface area (Å²) >= 11 is 12.1. The van der Waals surface area contributed by atoms with Gasteiger partial charge in [-0.15, -0.1) is 0 Å². The van der Waals surface area contributed by atoms with Crippen LogP contribution in [-0.4, -0.2) is 18.4 Å². The normalized spacial score (nSPS) is 13.7. The van der Waals surface area contributed by atoms with Gasteiger partial charge in [-0.05, 0) is 67.1 Å². The van der Waals surface area contributed by atoms with Crippen LogP contribution in [0.1, 0.15) is 12.5 Å². The molecule has 4 rings (SSSR count). The second kappa shape index (κ2) is 8.84. The van der Waals surface area contributed by atoms with Gasteiger partial charge >= 0.3 is 0 Å². The van der Waals surface area contributed by atoms with Crippen LogP contribution < -0.4 is 15.0 Å². The monoisotopic (exact) mass is 452 g/mol. The maximum Gasteiger partial charge on any atom is 0.282 e. The molecule has 31 heavy (non-hydrogen) atoms. The zero-order chi connectivity index (χ0) is 22.0. The second-order valence-electron chi connectivity index (χ2n) is 6.76. The van der Waals surface area contributed by atoms with Crippen molar-refractivity contribution in [1.29, 1.82) is 0 Å². The van der Waals surface area contributed by atoms with Crippen molar-refractivity contribution in [3.05, 3.63) is 94.1 Å². The highest BCUT2D eigenvalue weighted by Gasteiger charge is 2.40. The standard InChI is InChI=1S/C24H18Cl2N2O3/c1-2-31-20-12-10-18(11-13-20)27-22-21(15-6-8-16(25)9-7-15)23(29)28(24(22)30)19-5-3-4-17(26)14-19/h3-14,27H,2H2,1H3. The highest BCUT2D eigenvalue weighted by molar-refractivity contribution is 6.46. The second-order valence-corrected chi connectivity index (χ2v) is 7.64. The van der Waals surface area contributed by atoms with Crippen LogP contribution in [-0.2, 0) is 9.59 Å². The predicted molar refractivity (Wildman–Crippen MR) is 124 cm³/mol. The van der Waals surface area contributed by atoms with Gasteiger partial charge < -0.3 is 10.1 Å². The fourth-order valence-corrected chi connectivity index (χ4v) is 3.64. The molecule has 0 aliphatic carbocycles. The molecule has 0 aromatic heterocycles. The predicted octanol–water partition coefficient (Wildman–Crippen LogP) is 5.79. The van der Waals surface area contributed by atoms with E-state index in [1.54, 1.807) is 72.8 Å². The highest BCUT2D eigenvalue weighted by atomic mass is 35.5. The van der Waals surface area contributed by atoms with E-state index in [0.717, 1.165) is 4.90 Å². The van der Waals surface area contributed by atoms with E-state index in [4.69, 9.17) is 27.9 Å². The summed E-state index contributed by atoms with van der Waals surface area (Å²) in [5.41, 5.74) is 2.07. The first-order valence-corrected chi connectivity index (χ1v) is 10.4. The van der Waals surface area contributed by atoms with Gasteiger partial charge in [0.1, 0.15) is 11.4 Å². The van der Waals surface area contributed by atoms with E-state index in [1.807, 2.05) is 6.92 Å². The lowest BCUT2D eigenvalue weighted by atomic mass is 10.0. The van der Waals surface area contributed by atoms with Crippen molar-refractivity contribution >= 4 is 52.0 Å². The van der Waals surface area contributed by atoms with Crippen molar-refractivity contribution in [2.24, 2.45) is 0 Å². The summed E-state index contributed by atoms with van der Waals surface area (Å²) in [5.74, 6) is -0.191. The molecule has 1 aliphatic heterocycles. The summed E-state index contributed by atoms with van der Waals surface area (Å²) in [5, 5.41) is 4.08. The van der Waals surface area contributed by atoms with Crippen molar-refractivity contribution in [3.8, 4) is 5.75 Å². The largest absolute Gasteiger partial charge is 0.494 e. The number of imide groups is 1. The Labute approximate surface area is 189 Å². The number of benzene rings is 3. The molecule has 1 N–H and O–H groups in total. The van der Waals surface area contributed by atoms with Crippen molar-refractivity contribution < 1.29 is 14.3 Å². The fourth-order valence-electron chi connectivity index (χ4n) is 3.33. The van der Waals surface area contributed by atoms with Crippen LogP contribution in [0.3, 0.4) is 0 Å². The third kappa shape index (κ3) is 4.29. The van der Waals surface area contributed by atoms with Gasteiger partial charge in [-0.3, -0.25) is 9.59 Å². The third-order valence-electron chi connectivity index (χ3n) is 4.72. The number of anilines is 2. The molecule has 0 saturated carbocycles. The van der Waals surface area contributed by atoms with Gasteiger partial charge in [0.25, 0.3) is 11.8 Å². The lowest BCUT2D eigenvalue weighted by molar-refractivity contribution is -0.120. The first kappa shape index (κ1) is 21.0. The maximum absolute atomic E-state index is 13.4. The van der Waals surface area contributed by atoms with E-state index in [-0.39, 0.29) is 11.3 Å². The minimum absolute atomic E-state index is 0.177. The van der Waals surface area contributed by atoms with E-state index < -0.39 is 11.8 Å². The van der Waals surface area contributed by atoms with E-state index in [0.29, 0.717) is 39.3 Å². The number of ether oxygens (including phenoxy) is 1. The Morgan fingerprint density at radius 2 is 1.58 bits per heavy atom. The molecule has 5 nitrogen and oxygen atoms in total. The molecule has 1 aliphatic rings. The molecule has 7 heteroatoms. The molecule has 0 bridgehead atoms. The Morgan fingerprint density at radius 1 is 0.871 bits per heavy atom. The minimum atomic E-state index is -0.467. The molecule has 156 valence electrons. The average molecular weight is 453 g/mol. The van der Waals surface area contributed by atoms with E-state index in [2.05, 4.69) is 5.32 Å². The van der Waals surface area contributed by atoms with Crippen molar-refractivity contribution in [2.75, 3.05) is 16.8 Å². The van der Waals surface area contributed by atoms with Gasteiger partial charge in [-0.2, -0.15) is 0 Å². The lowest BCUT2D eigenvalue weighted by Gasteiger charge is -2.15. The first-order valence-electron chi connectivity index (χ1n) is 9.62. The fraction of sp³-hybridized carbons (Fsp3) is 0.0833. The van der Waals surface area contributed by atoms with Gasteiger partial charge in [0.05, 0.1) is 17.9 Å². The molecule has 3 aromatic carbocycles. The van der Waals surface area contributed by atoms with Crippen molar-refractivity contribution in [2.45, 2.75) is 6.92 Å². The van der Waals surface area contributed by atoms with Crippen molar-refractivity contribution in [3.63, 3.8) is 0 Å². The van der Waals surface area contributed by atoms with Gasteiger partial charge in [-0.1, -0.05) is 41.4 Å². The van der Waals surface area contributed by atoms with Crippen LogP contribution in [0.4, 0.5) is 11.4 Å². The topological polar surface area (TPSA) is 58.6 Å². The van der Waals surface area contributed by atoms with Gasteiger partial charge in [0, 0.05) is 15.7 Å². The molecule has 0 spiro atoms. The molecule has 3 aromatic rings. The molecule has 1 heterocycles. The van der Waals surface area contributed by atoms with Crippen molar-refractivity contribution in [1.82, 2.24) is 0 Å². The van der Waals surface area contributed by atoms with Crippen LogP contribution in [0, 0.1) is 0 Å². The molecule has 0 fully saturated rings. The van der Waals surface area contributed by atoms with E-state index in [1.165, 1.54) is 0 Å². The highest BCUT2D eigenvalue weighted by Crippen LogP contribution is 2.35. The number of carbonyl (C=O) groups excluding carboxylic acids is 2. The summed E-state index contributed by atoms with van der Waals surface area (Å²) in [4.78, 5) is 27.8. The summed E-state index contributed by atoms with van der Waals surface area (Å²) in [6.45, 7) is 2.46. The summed E-state index contributed by atoms with van der Waals surface area (Å²) in [7, 11) is 0. The summed E-state index contributed by atoms with van der Waals surface area (Å²) in [6.07, 6.45) is 0. The average Bonchev–Trinajstić information content (AvgIpc) is 3.00. The molecule has 0 unspecified atom stereocenters. The minimum Gasteiger partial charge on any atom is -0.494 e. The van der Waals surface area contributed by atoms with Gasteiger partial charge in [0.2, 0.25) is 0 Å². The van der Waals surface area contributed by atoms with E-state index in [9.17, 15) is 9.59 Å². The number of nitrogens with zero attached hydrogens (tertiary/aromatic N) is 1. The first-order chi connectivity index (χ1) is 15.0. The number of rotatable bonds is 6. The molecule has 0 saturated heterocycles. The Balaban J connectivity index is 1.76. The Morgan fingerprint density at radius 3 is 2.23 bits per heavy atom. The zero-order valence-corrected chi connectivity index (χ0v) is 18.1. The number of halogens is 2. The van der Waals surface area contributed by atoms with E-state index >= 15 is 0 Å². The Hall–Kier alpha value is -3.28. The van der Waals surface area contributed by atoms with Crippen LogP contribution in [0.5, 0.6) is 5.75 Å². The Kier molecular flexibility index (Phi) is 5.98. The number of nitrogens with one attached hydrogen (secondary N) is 1. The summed E-state index contributed by atoms with van der Waals surface area (Å²) < 4.78 is 5.46. The van der Waals surface area contributed by atoms with Gasteiger partial charge in [0.15, 0.2) is 0 Å². The van der Waals surface area contributed by atoms with Crippen LogP contribution >= 0.6 is 23.2 Å². The molecular weight excluding hydrogens is 435 g/mol. The maximum atomic E-state index is 13.4. The van der Waals surface area contributed by atoms with Gasteiger partial charge in [-0.25, -0.2) is 4.90 Å². The molecular formula is C24H18Cl2N2O3. The lowest BCUT2D eigenvalue weighted by Crippen LogP contribution is -2.32.